The molecule has 0 unspecified atom stereocenters. The molecule has 0 saturated carbocycles. The summed E-state index contributed by atoms with van der Waals surface area (Å²) in [7, 11) is 0. The second kappa shape index (κ2) is 6.77. The van der Waals surface area contributed by atoms with E-state index in [0.717, 1.165) is 16.6 Å². The van der Waals surface area contributed by atoms with Gasteiger partial charge in [0.1, 0.15) is 5.75 Å². The lowest BCUT2D eigenvalue weighted by Gasteiger charge is -2.20. The highest BCUT2D eigenvalue weighted by molar-refractivity contribution is 9.10. The van der Waals surface area contributed by atoms with Crippen molar-refractivity contribution in [3.8, 4) is 11.6 Å². The summed E-state index contributed by atoms with van der Waals surface area (Å²) in [5.41, 5.74) is 1.20. The van der Waals surface area contributed by atoms with Crippen molar-refractivity contribution in [3.05, 3.63) is 51.6 Å². The SMILES string of the molecule is CC(C)(C)NCc1ccnc(Oc2ccc(Cl)cc2Br)c1. The zero-order valence-corrected chi connectivity index (χ0v) is 14.6. The van der Waals surface area contributed by atoms with Gasteiger partial charge >= 0.3 is 0 Å². The van der Waals surface area contributed by atoms with Crippen LogP contribution in [0.15, 0.2) is 41.0 Å². The number of hydrogen-bond donors (Lipinski definition) is 1. The van der Waals surface area contributed by atoms with E-state index in [4.69, 9.17) is 16.3 Å². The van der Waals surface area contributed by atoms with Gasteiger partial charge in [0.2, 0.25) is 5.88 Å². The average Bonchev–Trinajstić information content (AvgIpc) is 2.39. The van der Waals surface area contributed by atoms with Gasteiger partial charge in [-0.05, 0) is 66.5 Å². The minimum absolute atomic E-state index is 0.0729. The number of halogens is 2. The van der Waals surface area contributed by atoms with Crippen LogP contribution in [0.1, 0.15) is 26.3 Å². The molecule has 2 rings (SSSR count). The number of benzene rings is 1. The molecule has 0 saturated heterocycles. The molecule has 0 radical (unpaired) electrons. The third-order valence-corrected chi connectivity index (χ3v) is 3.59. The van der Waals surface area contributed by atoms with Crippen molar-refractivity contribution in [1.29, 1.82) is 0 Å². The summed E-state index contributed by atoms with van der Waals surface area (Å²) < 4.78 is 6.59. The summed E-state index contributed by atoms with van der Waals surface area (Å²) in [5, 5.41) is 4.10. The number of aromatic nitrogens is 1. The zero-order valence-electron chi connectivity index (χ0n) is 12.3. The topological polar surface area (TPSA) is 34.2 Å². The number of hydrogen-bond acceptors (Lipinski definition) is 3. The number of pyridine rings is 1. The molecule has 21 heavy (non-hydrogen) atoms. The fourth-order valence-corrected chi connectivity index (χ4v) is 2.42. The van der Waals surface area contributed by atoms with Crippen molar-refractivity contribution < 1.29 is 4.74 Å². The van der Waals surface area contributed by atoms with Crippen LogP contribution in [-0.2, 0) is 6.54 Å². The first-order valence-corrected chi connectivity index (χ1v) is 7.83. The van der Waals surface area contributed by atoms with E-state index in [0.29, 0.717) is 16.7 Å². The van der Waals surface area contributed by atoms with Gasteiger partial charge in [0.15, 0.2) is 0 Å². The Morgan fingerprint density at radius 3 is 2.67 bits per heavy atom. The lowest BCUT2D eigenvalue weighted by atomic mass is 10.1. The second-order valence-electron chi connectivity index (χ2n) is 5.78. The molecule has 0 bridgehead atoms. The highest BCUT2D eigenvalue weighted by atomic mass is 79.9. The van der Waals surface area contributed by atoms with Crippen LogP contribution in [0.2, 0.25) is 5.02 Å². The monoisotopic (exact) mass is 368 g/mol. The summed E-state index contributed by atoms with van der Waals surface area (Å²) in [6, 6.07) is 9.30. The van der Waals surface area contributed by atoms with E-state index in [1.165, 1.54) is 0 Å². The lowest BCUT2D eigenvalue weighted by Crippen LogP contribution is -2.35. The van der Waals surface area contributed by atoms with Gasteiger partial charge in [-0.15, -0.1) is 0 Å². The summed E-state index contributed by atoms with van der Waals surface area (Å²) in [4.78, 5) is 4.24. The van der Waals surface area contributed by atoms with Gasteiger partial charge in [-0.3, -0.25) is 0 Å². The van der Waals surface area contributed by atoms with Crippen LogP contribution >= 0.6 is 27.5 Å². The van der Waals surface area contributed by atoms with Gasteiger partial charge in [0.05, 0.1) is 4.47 Å². The molecule has 0 fully saturated rings. The van der Waals surface area contributed by atoms with Crippen LogP contribution in [-0.4, -0.2) is 10.5 Å². The molecule has 0 atom stereocenters. The van der Waals surface area contributed by atoms with Crippen LogP contribution < -0.4 is 10.1 Å². The first kappa shape index (κ1) is 16.3. The predicted molar refractivity (Wildman–Crippen MR) is 90.1 cm³/mol. The van der Waals surface area contributed by atoms with E-state index >= 15 is 0 Å². The fraction of sp³-hybridized carbons (Fsp3) is 0.312. The standard InChI is InChI=1S/C16H18BrClN2O/c1-16(2,3)20-10-11-6-7-19-15(8-11)21-14-5-4-12(18)9-13(14)17/h4-9,20H,10H2,1-3H3. The van der Waals surface area contributed by atoms with E-state index in [2.05, 4.69) is 47.0 Å². The van der Waals surface area contributed by atoms with Crippen molar-refractivity contribution in [2.45, 2.75) is 32.9 Å². The van der Waals surface area contributed by atoms with Crippen LogP contribution in [0.4, 0.5) is 0 Å². The van der Waals surface area contributed by atoms with Crippen LogP contribution in [0.3, 0.4) is 0 Å². The Kier molecular flexibility index (Phi) is 5.25. The van der Waals surface area contributed by atoms with Crippen molar-refractivity contribution in [3.63, 3.8) is 0 Å². The summed E-state index contributed by atoms with van der Waals surface area (Å²) in [5.74, 6) is 1.25. The molecule has 1 aromatic carbocycles. The molecule has 0 spiro atoms. The van der Waals surface area contributed by atoms with E-state index in [1.807, 2.05) is 18.2 Å². The van der Waals surface area contributed by atoms with Gasteiger partial charge in [-0.1, -0.05) is 11.6 Å². The Morgan fingerprint density at radius 2 is 2.00 bits per heavy atom. The molecular formula is C16H18BrClN2O. The highest BCUT2D eigenvalue weighted by Crippen LogP contribution is 2.31. The number of rotatable bonds is 4. The molecule has 5 heteroatoms. The van der Waals surface area contributed by atoms with Gasteiger partial charge in [-0.2, -0.15) is 0 Å². The molecule has 0 aliphatic carbocycles. The average molecular weight is 370 g/mol. The normalized spacial score (nSPS) is 11.5. The minimum Gasteiger partial charge on any atom is -0.438 e. The third kappa shape index (κ3) is 5.30. The van der Waals surface area contributed by atoms with Gasteiger partial charge < -0.3 is 10.1 Å². The van der Waals surface area contributed by atoms with Crippen LogP contribution in [0.25, 0.3) is 0 Å². The summed E-state index contributed by atoms with van der Waals surface area (Å²) >= 11 is 9.35. The first-order chi connectivity index (χ1) is 9.83. The van der Waals surface area contributed by atoms with Crippen molar-refractivity contribution >= 4 is 27.5 Å². The second-order valence-corrected chi connectivity index (χ2v) is 7.07. The minimum atomic E-state index is 0.0729. The van der Waals surface area contributed by atoms with Crippen molar-refractivity contribution in [2.24, 2.45) is 0 Å². The number of ether oxygens (including phenoxy) is 1. The maximum Gasteiger partial charge on any atom is 0.219 e. The molecule has 0 amide bonds. The quantitative estimate of drug-likeness (QED) is 0.806. The molecule has 1 heterocycles. The maximum absolute atomic E-state index is 5.92. The Labute approximate surface area is 138 Å². The molecule has 2 aromatic rings. The number of nitrogens with one attached hydrogen (secondary N) is 1. The van der Waals surface area contributed by atoms with Gasteiger partial charge in [0, 0.05) is 29.4 Å². The van der Waals surface area contributed by atoms with Crippen molar-refractivity contribution in [1.82, 2.24) is 10.3 Å². The summed E-state index contributed by atoms with van der Waals surface area (Å²) in [6.07, 6.45) is 1.75. The van der Waals surface area contributed by atoms with Crippen molar-refractivity contribution in [2.75, 3.05) is 0 Å². The molecule has 3 nitrogen and oxygen atoms in total. The number of nitrogens with zero attached hydrogens (tertiary/aromatic N) is 1. The lowest BCUT2D eigenvalue weighted by molar-refractivity contribution is 0.421. The smallest absolute Gasteiger partial charge is 0.219 e. The molecule has 1 aromatic heterocycles. The molecule has 0 aliphatic heterocycles. The molecule has 1 N–H and O–H groups in total. The Morgan fingerprint density at radius 1 is 1.24 bits per heavy atom. The maximum atomic E-state index is 5.92. The van der Waals surface area contributed by atoms with E-state index in [9.17, 15) is 0 Å². The molecular weight excluding hydrogens is 352 g/mol. The summed E-state index contributed by atoms with van der Waals surface area (Å²) in [6.45, 7) is 7.17. The predicted octanol–water partition coefficient (Wildman–Crippen LogP) is 5.18. The fourth-order valence-electron chi connectivity index (χ4n) is 1.65. The Bertz CT molecular complexity index is 626. The van der Waals surface area contributed by atoms with Crippen LogP contribution in [0.5, 0.6) is 11.6 Å². The largest absolute Gasteiger partial charge is 0.438 e. The molecule has 112 valence electrons. The molecule has 0 aliphatic rings. The Hall–Kier alpha value is -1.10. The van der Waals surface area contributed by atoms with Gasteiger partial charge in [0.25, 0.3) is 0 Å². The zero-order chi connectivity index (χ0) is 15.5. The third-order valence-electron chi connectivity index (χ3n) is 2.73. The van der Waals surface area contributed by atoms with E-state index in [1.54, 1.807) is 18.3 Å². The first-order valence-electron chi connectivity index (χ1n) is 6.66. The Balaban J connectivity index is 2.10. The van der Waals surface area contributed by atoms with Crippen LogP contribution in [0, 0.1) is 0 Å². The van der Waals surface area contributed by atoms with E-state index in [-0.39, 0.29) is 5.54 Å². The van der Waals surface area contributed by atoms with E-state index < -0.39 is 0 Å². The highest BCUT2D eigenvalue weighted by Gasteiger charge is 2.09. The van der Waals surface area contributed by atoms with Gasteiger partial charge in [-0.25, -0.2) is 4.98 Å².